The van der Waals surface area contributed by atoms with Gasteiger partial charge in [0.2, 0.25) is 5.24 Å². The average Bonchev–Trinajstić information content (AvgIpc) is 2.87. The fourth-order valence-corrected chi connectivity index (χ4v) is 1.35. The highest BCUT2D eigenvalue weighted by atomic mass is 35.5. The minimum Gasteiger partial charge on any atom is -0.398 e. The molecule has 0 heterocycles. The lowest BCUT2D eigenvalue weighted by Crippen LogP contribution is -2.06. The van der Waals surface area contributed by atoms with Crippen molar-refractivity contribution in [2.24, 2.45) is 0 Å². The number of hydrogen-bond donors (Lipinski definition) is 1. The zero-order chi connectivity index (χ0) is 37.8. The second-order valence-corrected chi connectivity index (χ2v) is 5.37. The van der Waals surface area contributed by atoms with Crippen molar-refractivity contribution in [2.75, 3.05) is 17.5 Å². The Hall–Kier alpha value is -1.55. The summed E-state index contributed by atoms with van der Waals surface area (Å²) in [6, 6.07) is -4.93. The maximum Gasteiger partial charge on any atom is 0.236 e. The number of hydrogen-bond acceptors (Lipinski definition) is 3. The maximum atomic E-state index is 11.6. The number of para-hydroxylation sites is 1. The fraction of sp³-hybridized carbons (Fsp3) is 0.333. The van der Waals surface area contributed by atoms with Crippen molar-refractivity contribution in [1.29, 1.82) is 0 Å². The van der Waals surface area contributed by atoms with Gasteiger partial charge in [-0.15, -0.1) is 23.2 Å². The second-order valence-electron chi connectivity index (χ2n) is 4.41. The Morgan fingerprint density at radius 3 is 1.74 bits per heavy atom. The number of carbonyl (C=O) groups excluding carboxylic acids is 2. The van der Waals surface area contributed by atoms with Crippen LogP contribution < -0.4 is 5.72 Å². The standard InChI is InChI=1S/C11H13ClO.C8H11N.C2H2Cl2O/c1-8-4-3-5-9(2)11(8)6-10(13)7-12;1-6-4-3-5-7(2)8(6)9;3-1-2(4)5/h3-5H,6-7H2,1-2H3;3-5H,9H2,1-2H3;1H2/i2*1D3,2D3,3D,4D,5D;/hD2. The quantitative estimate of drug-likeness (QED) is 0.370. The maximum absolute atomic E-state index is 11.6. The Kier molecular flexibility index (Phi) is 3.88. The number of Topliss-reactive ketones (excluding diaryl/α,β-unsaturated/α-hetero) is 1. The highest BCUT2D eigenvalue weighted by Gasteiger charge is 2.06. The minimum atomic E-state index is -2.98. The Balaban J connectivity index is 0.000000789. The summed E-state index contributed by atoms with van der Waals surface area (Å²) in [6.07, 6.45) is -0.608. The molecule has 0 amide bonds. The van der Waals surface area contributed by atoms with Gasteiger partial charge in [0, 0.05) is 28.6 Å². The summed E-state index contributed by atoms with van der Waals surface area (Å²) < 4.78 is 149. The smallest absolute Gasteiger partial charge is 0.236 e. The molecule has 2 aromatic rings. The van der Waals surface area contributed by atoms with Crippen molar-refractivity contribution in [3.63, 3.8) is 0 Å². The molecule has 27 heavy (non-hydrogen) atoms. The molecule has 148 valence electrons. The molecular formula is C21H26Cl3NO2. The molecule has 2 rings (SSSR count). The summed E-state index contributed by atoms with van der Waals surface area (Å²) >= 11 is 14.9. The lowest BCUT2D eigenvalue weighted by molar-refractivity contribution is -0.116. The van der Waals surface area contributed by atoms with E-state index in [-0.39, 0.29) is 11.6 Å². The highest BCUT2D eigenvalue weighted by Crippen LogP contribution is 2.14. The molecule has 0 fully saturated rings. The summed E-state index contributed by atoms with van der Waals surface area (Å²) in [5.41, 5.74) is -4.65. The SMILES string of the molecule is O=C(Cl)CCl.[2H]c1c([2H])c(C([2H])([2H])[2H])c(CC(=O)CCl)c(C([2H])([2H])[2H])c1[2H].[2H]c1c([2H])c(C([2H])([2H])[2H])c(N([2H])[2H])c(C([2H])([2H])[2H])c1[2H]. The first-order valence-corrected chi connectivity index (χ1v) is 8.22. The molecule has 0 aliphatic carbocycles. The third kappa shape index (κ3) is 10.4. The summed E-state index contributed by atoms with van der Waals surface area (Å²) in [5, 5.41) is -0.508. The van der Waals surface area contributed by atoms with Gasteiger partial charge in [-0.2, -0.15) is 0 Å². The Labute approximate surface area is 205 Å². The number of halogens is 3. The van der Waals surface area contributed by atoms with Crippen LogP contribution in [0.2, 0.25) is 2.82 Å². The molecule has 0 bridgehead atoms. The van der Waals surface area contributed by atoms with Gasteiger partial charge in [0.05, 0.1) is 20.0 Å². The predicted molar refractivity (Wildman–Crippen MR) is 117 cm³/mol. The van der Waals surface area contributed by atoms with Crippen molar-refractivity contribution in [3.8, 4) is 0 Å². The fourth-order valence-electron chi connectivity index (χ4n) is 1.25. The van der Waals surface area contributed by atoms with Gasteiger partial charge in [-0.1, -0.05) is 36.3 Å². The van der Waals surface area contributed by atoms with E-state index in [0.717, 1.165) is 0 Å². The first kappa shape index (κ1) is 7.70. The van der Waals surface area contributed by atoms with E-state index in [1.807, 2.05) is 0 Å². The van der Waals surface area contributed by atoms with E-state index in [1.165, 1.54) is 0 Å². The number of benzene rings is 2. The van der Waals surface area contributed by atoms with Crippen molar-refractivity contribution >= 4 is 51.5 Å². The van der Waals surface area contributed by atoms with E-state index in [1.54, 1.807) is 0 Å². The average molecular weight is 451 g/mol. The molecule has 0 saturated carbocycles. The zero-order valence-corrected chi connectivity index (χ0v) is 15.8. The Morgan fingerprint density at radius 1 is 0.963 bits per heavy atom. The normalized spacial score (nSPS) is 21.9. The topological polar surface area (TPSA) is 60.2 Å². The second kappa shape index (κ2) is 13.6. The number of nitrogens with two attached hydrogens (primary N) is 1. The monoisotopic (exact) mass is 449 g/mol. The number of carbonyl (C=O) groups is 2. The molecule has 2 aromatic carbocycles. The van der Waals surface area contributed by atoms with Gasteiger partial charge in [0.25, 0.3) is 0 Å². The van der Waals surface area contributed by atoms with Crippen molar-refractivity contribution in [2.45, 2.75) is 33.8 Å². The van der Waals surface area contributed by atoms with Crippen LogP contribution in [0, 0.1) is 27.4 Å². The van der Waals surface area contributed by atoms with E-state index >= 15 is 0 Å². The van der Waals surface area contributed by atoms with Crippen LogP contribution in [0.3, 0.4) is 0 Å². The predicted octanol–water partition coefficient (Wildman–Crippen LogP) is 5.53. The van der Waals surface area contributed by atoms with Gasteiger partial charge in [-0.25, -0.2) is 0 Å². The molecule has 0 atom stereocenters. The number of anilines is 1. The lowest BCUT2D eigenvalue weighted by Gasteiger charge is -2.07. The summed E-state index contributed by atoms with van der Waals surface area (Å²) in [6.45, 7) is -11.7. The number of rotatable bonds is 5. The van der Waals surface area contributed by atoms with Gasteiger partial charge in [0.1, 0.15) is 0 Å². The molecule has 0 aromatic heterocycles. The highest BCUT2D eigenvalue weighted by molar-refractivity contribution is 6.67. The van der Waals surface area contributed by atoms with E-state index in [9.17, 15) is 9.59 Å². The molecule has 0 unspecified atom stereocenters. The van der Waals surface area contributed by atoms with E-state index < -0.39 is 120 Å². The lowest BCUT2D eigenvalue weighted by atomic mass is 9.99. The van der Waals surface area contributed by atoms with Crippen LogP contribution in [0.15, 0.2) is 36.3 Å². The largest absolute Gasteiger partial charge is 0.398 e. The molecule has 0 saturated heterocycles. The number of ketones is 1. The Morgan fingerprint density at radius 2 is 1.41 bits per heavy atom. The molecule has 0 aliphatic heterocycles. The Bertz CT molecular complexity index is 1380. The van der Waals surface area contributed by atoms with Crippen molar-refractivity contribution in [1.82, 2.24) is 0 Å². The van der Waals surface area contributed by atoms with Crippen LogP contribution in [0.5, 0.6) is 0 Å². The molecule has 3 nitrogen and oxygen atoms in total. The first-order chi connectivity index (χ1) is 20.9. The van der Waals surface area contributed by atoms with Crippen LogP contribution in [0.4, 0.5) is 5.69 Å². The van der Waals surface area contributed by atoms with E-state index in [4.69, 9.17) is 62.3 Å². The number of alkyl halides is 2. The van der Waals surface area contributed by atoms with Crippen LogP contribution in [0.1, 0.15) is 52.5 Å². The first-order valence-electron chi connectivity index (χ1n) is 16.7. The van der Waals surface area contributed by atoms with Crippen LogP contribution in [0.25, 0.3) is 0 Å². The van der Waals surface area contributed by atoms with Gasteiger partial charge in [-0.3, -0.25) is 9.59 Å². The van der Waals surface area contributed by atoms with E-state index in [0.29, 0.717) is 0 Å². The molecule has 0 radical (unpaired) electrons. The molecule has 0 spiro atoms. The van der Waals surface area contributed by atoms with Crippen LogP contribution in [-0.4, -0.2) is 22.8 Å². The van der Waals surface area contributed by atoms with Gasteiger partial charge in [-0.05, 0) is 66.8 Å². The molecule has 2 N–H and O–H groups in total. The van der Waals surface area contributed by atoms with Crippen molar-refractivity contribution < 1.29 is 37.1 Å². The van der Waals surface area contributed by atoms with Gasteiger partial charge in [0.15, 0.2) is 8.61 Å². The van der Waals surface area contributed by atoms with Gasteiger partial charge >= 0.3 is 0 Å². The van der Waals surface area contributed by atoms with E-state index in [2.05, 4.69) is 0 Å². The third-order valence-corrected chi connectivity index (χ3v) is 3.27. The molecule has 0 aliphatic rings. The summed E-state index contributed by atoms with van der Waals surface area (Å²) in [7, 11) is 0. The van der Waals surface area contributed by atoms with Crippen LogP contribution >= 0.6 is 34.8 Å². The zero-order valence-electron chi connectivity index (χ0n) is 33.5. The minimum absolute atomic E-state index is 0.0957. The van der Waals surface area contributed by atoms with Gasteiger partial charge < -0.3 is 5.72 Å². The summed E-state index contributed by atoms with van der Waals surface area (Å²) in [5.74, 6) is -1.18. The van der Waals surface area contributed by atoms with Crippen LogP contribution in [-0.2, 0) is 16.0 Å². The number of nitrogen functional groups attached to an aromatic ring is 1. The molecular weight excluding hydrogens is 405 g/mol. The van der Waals surface area contributed by atoms with Crippen molar-refractivity contribution in [3.05, 3.63) is 64.1 Å². The third-order valence-electron chi connectivity index (χ3n) is 2.46. The molecule has 6 heteroatoms. The summed E-state index contributed by atoms with van der Waals surface area (Å²) in [4.78, 5) is 21.0.